The van der Waals surface area contributed by atoms with E-state index in [1.54, 1.807) is 11.4 Å². The third kappa shape index (κ3) is 9.80. The second kappa shape index (κ2) is 11.7. The highest BCUT2D eigenvalue weighted by atomic mass is 32.9. The van der Waals surface area contributed by atoms with E-state index >= 15 is 0 Å². The molecule has 0 aromatic rings. The van der Waals surface area contributed by atoms with Gasteiger partial charge in [0, 0.05) is 5.25 Å². The lowest BCUT2D eigenvalue weighted by Gasteiger charge is -2.24. The Bertz CT molecular complexity index is 223. The summed E-state index contributed by atoms with van der Waals surface area (Å²) in [7, 11) is 0. The van der Waals surface area contributed by atoms with E-state index in [1.807, 2.05) is 0 Å². The zero-order valence-corrected chi connectivity index (χ0v) is 14.8. The third-order valence-corrected chi connectivity index (χ3v) is 8.24. The highest BCUT2D eigenvalue weighted by Crippen LogP contribution is 2.63. The predicted octanol–water partition coefficient (Wildman–Crippen LogP) is 5.77. The molecular formula is C13H29O2PS2. The van der Waals surface area contributed by atoms with Crippen LogP contribution in [0.1, 0.15) is 66.2 Å². The van der Waals surface area contributed by atoms with Crippen molar-refractivity contribution in [2.24, 2.45) is 0 Å². The SMILES string of the molecule is CCCCOP(=S)(OCCCC)SC(C)CCC. The molecule has 0 radical (unpaired) electrons. The topological polar surface area (TPSA) is 18.5 Å². The molecule has 2 nitrogen and oxygen atoms in total. The van der Waals surface area contributed by atoms with Crippen molar-refractivity contribution in [3.63, 3.8) is 0 Å². The lowest BCUT2D eigenvalue weighted by Crippen LogP contribution is -2.01. The van der Waals surface area contributed by atoms with Crippen molar-refractivity contribution in [3.05, 3.63) is 0 Å². The van der Waals surface area contributed by atoms with Crippen molar-refractivity contribution in [2.45, 2.75) is 71.5 Å². The fourth-order valence-electron chi connectivity index (χ4n) is 1.42. The zero-order valence-electron chi connectivity index (χ0n) is 12.3. The van der Waals surface area contributed by atoms with Crippen LogP contribution in [0.3, 0.4) is 0 Å². The van der Waals surface area contributed by atoms with E-state index < -0.39 is 5.69 Å². The predicted molar refractivity (Wildman–Crippen MR) is 88.0 cm³/mol. The molecule has 0 saturated carbocycles. The van der Waals surface area contributed by atoms with Crippen LogP contribution in [-0.4, -0.2) is 18.5 Å². The number of unbranched alkanes of at least 4 members (excludes halogenated alkanes) is 2. The van der Waals surface area contributed by atoms with Crippen molar-refractivity contribution in [2.75, 3.05) is 13.2 Å². The second-order valence-electron chi connectivity index (χ2n) is 4.53. The Morgan fingerprint density at radius 1 is 1.00 bits per heavy atom. The first-order chi connectivity index (χ1) is 8.58. The lowest BCUT2D eigenvalue weighted by atomic mass is 10.3. The molecule has 0 aliphatic rings. The van der Waals surface area contributed by atoms with E-state index in [0.717, 1.165) is 38.9 Å². The Morgan fingerprint density at radius 2 is 1.50 bits per heavy atom. The summed E-state index contributed by atoms with van der Waals surface area (Å²) in [5, 5.41) is 0.532. The van der Waals surface area contributed by atoms with Crippen LogP contribution in [0.2, 0.25) is 0 Å². The van der Waals surface area contributed by atoms with Gasteiger partial charge in [0.25, 0.3) is 0 Å². The average molecular weight is 312 g/mol. The van der Waals surface area contributed by atoms with Crippen molar-refractivity contribution < 1.29 is 9.05 Å². The van der Waals surface area contributed by atoms with E-state index in [9.17, 15) is 0 Å². The molecule has 0 aromatic carbocycles. The molecule has 0 fully saturated rings. The molecule has 0 aromatic heterocycles. The zero-order chi connectivity index (χ0) is 13.9. The largest absolute Gasteiger partial charge is 0.322 e. The summed E-state index contributed by atoms with van der Waals surface area (Å²) >= 11 is 7.40. The lowest BCUT2D eigenvalue weighted by molar-refractivity contribution is 0.253. The molecule has 0 amide bonds. The molecule has 0 aliphatic heterocycles. The second-order valence-corrected chi connectivity index (χ2v) is 11.2. The highest BCUT2D eigenvalue weighted by molar-refractivity contribution is 8.68. The number of hydrogen-bond acceptors (Lipinski definition) is 4. The van der Waals surface area contributed by atoms with Gasteiger partial charge in [0.1, 0.15) is 0 Å². The Hall–Kier alpha value is 0.920. The van der Waals surface area contributed by atoms with E-state index in [4.69, 9.17) is 20.9 Å². The smallest absolute Gasteiger partial charge is 0.247 e. The van der Waals surface area contributed by atoms with Gasteiger partial charge in [-0.3, -0.25) is 0 Å². The van der Waals surface area contributed by atoms with Gasteiger partial charge in [-0.2, -0.15) is 0 Å². The Labute approximate surface area is 123 Å². The van der Waals surface area contributed by atoms with Gasteiger partial charge in [-0.05, 0) is 31.1 Å². The quantitative estimate of drug-likeness (QED) is 0.336. The molecule has 0 spiro atoms. The molecule has 0 saturated heterocycles. The summed E-state index contributed by atoms with van der Waals surface area (Å²) in [5.41, 5.74) is -2.11. The molecule has 18 heavy (non-hydrogen) atoms. The van der Waals surface area contributed by atoms with E-state index in [2.05, 4.69) is 27.7 Å². The normalized spacial score (nSPS) is 13.8. The minimum atomic E-state index is -2.11. The van der Waals surface area contributed by atoms with Gasteiger partial charge < -0.3 is 9.05 Å². The Balaban J connectivity index is 4.24. The van der Waals surface area contributed by atoms with Gasteiger partial charge in [0.2, 0.25) is 5.69 Å². The summed E-state index contributed by atoms with van der Waals surface area (Å²) in [6.45, 7) is 10.2. The summed E-state index contributed by atoms with van der Waals surface area (Å²) in [6, 6.07) is 0. The summed E-state index contributed by atoms with van der Waals surface area (Å²) in [5.74, 6) is 0. The summed E-state index contributed by atoms with van der Waals surface area (Å²) in [4.78, 5) is 0. The minimum Gasteiger partial charge on any atom is -0.322 e. The molecule has 1 atom stereocenters. The van der Waals surface area contributed by atoms with Crippen molar-refractivity contribution in [1.82, 2.24) is 0 Å². The van der Waals surface area contributed by atoms with Crippen LogP contribution in [0.15, 0.2) is 0 Å². The molecule has 5 heteroatoms. The van der Waals surface area contributed by atoms with Crippen LogP contribution >= 0.6 is 17.1 Å². The van der Waals surface area contributed by atoms with Crippen molar-refractivity contribution in [1.29, 1.82) is 0 Å². The molecule has 110 valence electrons. The van der Waals surface area contributed by atoms with Gasteiger partial charge in [0.15, 0.2) is 0 Å². The van der Waals surface area contributed by atoms with E-state index in [-0.39, 0.29) is 0 Å². The minimum absolute atomic E-state index is 0.532. The van der Waals surface area contributed by atoms with Crippen LogP contribution < -0.4 is 0 Å². The van der Waals surface area contributed by atoms with Gasteiger partial charge in [0.05, 0.1) is 13.2 Å². The van der Waals surface area contributed by atoms with Crippen LogP contribution in [0, 0.1) is 0 Å². The van der Waals surface area contributed by atoms with Crippen LogP contribution in [0.5, 0.6) is 0 Å². The first-order valence-electron chi connectivity index (χ1n) is 7.15. The van der Waals surface area contributed by atoms with Crippen molar-refractivity contribution in [3.8, 4) is 0 Å². The van der Waals surface area contributed by atoms with E-state index in [1.165, 1.54) is 12.8 Å². The summed E-state index contributed by atoms with van der Waals surface area (Å²) < 4.78 is 11.8. The van der Waals surface area contributed by atoms with Gasteiger partial charge in [-0.15, -0.1) is 0 Å². The molecule has 0 N–H and O–H groups in total. The maximum Gasteiger partial charge on any atom is 0.247 e. The maximum absolute atomic E-state index is 5.90. The standard InChI is InChI=1S/C13H29O2PS2/c1-5-8-11-14-16(17,15-12-9-6-2)18-13(4)10-7-3/h13H,5-12H2,1-4H3. The average Bonchev–Trinajstić information content (AvgIpc) is 2.30. The molecule has 0 aliphatic carbocycles. The third-order valence-electron chi connectivity index (χ3n) is 2.50. The van der Waals surface area contributed by atoms with Gasteiger partial charge in [-0.1, -0.05) is 58.3 Å². The Morgan fingerprint density at radius 3 is 1.89 bits per heavy atom. The fraction of sp³-hybridized carbons (Fsp3) is 1.00. The van der Waals surface area contributed by atoms with Crippen LogP contribution in [0.25, 0.3) is 0 Å². The first-order valence-corrected chi connectivity index (χ1v) is 11.3. The number of hydrogen-bond donors (Lipinski definition) is 0. The monoisotopic (exact) mass is 312 g/mol. The van der Waals surface area contributed by atoms with Crippen LogP contribution in [-0.2, 0) is 20.9 Å². The summed E-state index contributed by atoms with van der Waals surface area (Å²) in [6.07, 6.45) is 6.78. The Kier molecular flexibility index (Phi) is 12.3. The molecule has 0 bridgehead atoms. The maximum atomic E-state index is 5.90. The molecule has 1 unspecified atom stereocenters. The van der Waals surface area contributed by atoms with Crippen LogP contribution in [0.4, 0.5) is 0 Å². The molecular weight excluding hydrogens is 283 g/mol. The first kappa shape index (κ1) is 18.9. The number of rotatable bonds is 12. The van der Waals surface area contributed by atoms with Gasteiger partial charge in [-0.25, -0.2) is 0 Å². The molecule has 0 rings (SSSR count). The van der Waals surface area contributed by atoms with E-state index in [0.29, 0.717) is 5.25 Å². The van der Waals surface area contributed by atoms with Gasteiger partial charge >= 0.3 is 0 Å². The van der Waals surface area contributed by atoms with Crippen molar-refractivity contribution >= 4 is 28.9 Å². The fourth-order valence-corrected chi connectivity index (χ4v) is 7.32. The molecule has 0 heterocycles. The highest BCUT2D eigenvalue weighted by Gasteiger charge is 2.22.